The van der Waals surface area contributed by atoms with Gasteiger partial charge in [0.2, 0.25) is 5.91 Å². The number of nitrogens with zero attached hydrogens (tertiary/aromatic N) is 3. The Kier molecular flexibility index (Phi) is 4.61. The van der Waals surface area contributed by atoms with Crippen molar-refractivity contribution in [3.05, 3.63) is 30.6 Å². The zero-order valence-electron chi connectivity index (χ0n) is 14.3. The first-order valence-electron chi connectivity index (χ1n) is 8.82. The van der Waals surface area contributed by atoms with Gasteiger partial charge < -0.3 is 9.32 Å². The normalized spacial score (nSPS) is 18.1. The number of hydrogen-bond acceptors (Lipinski definition) is 5. The number of furan rings is 1. The van der Waals surface area contributed by atoms with Gasteiger partial charge in [0, 0.05) is 18.0 Å². The molecule has 4 rings (SSSR count). The molecule has 2 aromatic heterocycles. The maximum atomic E-state index is 12.7. The van der Waals surface area contributed by atoms with Gasteiger partial charge in [0.1, 0.15) is 22.5 Å². The van der Waals surface area contributed by atoms with E-state index in [0.29, 0.717) is 17.4 Å². The maximum absolute atomic E-state index is 12.7. The number of amides is 1. The van der Waals surface area contributed by atoms with Crippen LogP contribution in [-0.4, -0.2) is 39.1 Å². The lowest BCUT2D eigenvalue weighted by molar-refractivity contribution is -0.132. The largest absolute Gasteiger partial charge is 0.451 e. The van der Waals surface area contributed by atoms with Crippen molar-refractivity contribution >= 4 is 39.7 Å². The Balaban J connectivity index is 1.55. The van der Waals surface area contributed by atoms with E-state index in [1.54, 1.807) is 6.33 Å². The molecule has 0 bridgehead atoms. The molecule has 0 N–H and O–H groups in total. The molecule has 5 nitrogen and oxygen atoms in total. The first kappa shape index (κ1) is 16.4. The highest BCUT2D eigenvalue weighted by Gasteiger charge is 2.25. The van der Waals surface area contributed by atoms with Gasteiger partial charge in [-0.15, -0.1) is 0 Å². The van der Waals surface area contributed by atoms with Crippen LogP contribution in [0.3, 0.4) is 0 Å². The monoisotopic (exact) mass is 355 g/mol. The summed E-state index contributed by atoms with van der Waals surface area (Å²) in [6.45, 7) is 3.04. The lowest BCUT2D eigenvalue weighted by Crippen LogP contribution is -2.44. The molecule has 1 aliphatic heterocycles. The van der Waals surface area contributed by atoms with Gasteiger partial charge in [-0.3, -0.25) is 4.79 Å². The first-order valence-corrected chi connectivity index (χ1v) is 9.81. The summed E-state index contributed by atoms with van der Waals surface area (Å²) in [6.07, 6.45) is 6.02. The van der Waals surface area contributed by atoms with Crippen molar-refractivity contribution in [2.75, 3.05) is 12.3 Å². The average Bonchev–Trinajstić information content (AvgIpc) is 3.05. The molecule has 3 heterocycles. The summed E-state index contributed by atoms with van der Waals surface area (Å²) in [7, 11) is 0. The van der Waals surface area contributed by atoms with Crippen LogP contribution in [0.1, 0.15) is 32.6 Å². The molecule has 1 saturated heterocycles. The third kappa shape index (κ3) is 3.11. The SMILES string of the molecule is CC[C@H]1CCCCN1C(=O)CSc1ncnc2c1oc1ccccc12. The summed E-state index contributed by atoms with van der Waals surface area (Å²) in [5, 5.41) is 1.72. The van der Waals surface area contributed by atoms with Crippen molar-refractivity contribution in [1.29, 1.82) is 0 Å². The van der Waals surface area contributed by atoms with Crippen LogP contribution < -0.4 is 0 Å². The fourth-order valence-electron chi connectivity index (χ4n) is 3.57. The number of carbonyl (C=O) groups is 1. The second-order valence-corrected chi connectivity index (χ2v) is 7.35. The molecule has 25 heavy (non-hydrogen) atoms. The number of benzene rings is 1. The van der Waals surface area contributed by atoms with E-state index in [2.05, 4.69) is 16.9 Å². The number of rotatable bonds is 4. The quantitative estimate of drug-likeness (QED) is 0.517. The molecular weight excluding hydrogens is 334 g/mol. The number of para-hydroxylation sites is 1. The second-order valence-electron chi connectivity index (χ2n) is 6.39. The molecule has 1 aliphatic rings. The Labute approximate surface area is 150 Å². The fourth-order valence-corrected chi connectivity index (χ4v) is 4.39. The Bertz CT molecular complexity index is 908. The Morgan fingerprint density at radius 2 is 2.20 bits per heavy atom. The lowest BCUT2D eigenvalue weighted by atomic mass is 10.0. The highest BCUT2D eigenvalue weighted by molar-refractivity contribution is 8.00. The number of likely N-dealkylation sites (tertiary alicyclic amines) is 1. The third-order valence-electron chi connectivity index (χ3n) is 4.88. The minimum Gasteiger partial charge on any atom is -0.451 e. The Morgan fingerprint density at radius 1 is 1.32 bits per heavy atom. The molecule has 1 fully saturated rings. The van der Waals surface area contributed by atoms with Crippen LogP contribution in [0.5, 0.6) is 0 Å². The standard InChI is InChI=1S/C19H21N3O2S/c1-2-13-7-5-6-10-22(13)16(23)11-25-19-18-17(20-12-21-19)14-8-3-4-9-15(14)24-18/h3-4,8-9,12-13H,2,5-7,10-11H2,1H3/t13-/m0/s1. The van der Waals surface area contributed by atoms with Gasteiger partial charge in [-0.2, -0.15) is 0 Å². The van der Waals surface area contributed by atoms with Gasteiger partial charge in [-0.05, 0) is 37.8 Å². The Hall–Kier alpha value is -2.08. The van der Waals surface area contributed by atoms with Crippen molar-refractivity contribution < 1.29 is 9.21 Å². The first-order chi connectivity index (χ1) is 12.3. The summed E-state index contributed by atoms with van der Waals surface area (Å²) in [5.74, 6) is 0.582. The van der Waals surface area contributed by atoms with Gasteiger partial charge in [0.25, 0.3) is 0 Å². The lowest BCUT2D eigenvalue weighted by Gasteiger charge is -2.35. The van der Waals surface area contributed by atoms with Crippen LogP contribution in [0.4, 0.5) is 0 Å². The van der Waals surface area contributed by atoms with Gasteiger partial charge in [-0.1, -0.05) is 30.8 Å². The van der Waals surface area contributed by atoms with E-state index in [9.17, 15) is 4.79 Å². The number of piperidine rings is 1. The highest BCUT2D eigenvalue weighted by atomic mass is 32.2. The zero-order chi connectivity index (χ0) is 17.2. The minimum atomic E-state index is 0.194. The molecule has 0 unspecified atom stereocenters. The van der Waals surface area contributed by atoms with Crippen LogP contribution >= 0.6 is 11.8 Å². The van der Waals surface area contributed by atoms with Crippen molar-refractivity contribution in [3.8, 4) is 0 Å². The van der Waals surface area contributed by atoms with Crippen molar-refractivity contribution in [1.82, 2.24) is 14.9 Å². The molecule has 1 amide bonds. The number of aromatic nitrogens is 2. The number of carbonyl (C=O) groups excluding carboxylic acids is 1. The molecule has 0 spiro atoms. The van der Waals surface area contributed by atoms with Crippen molar-refractivity contribution in [3.63, 3.8) is 0 Å². The number of fused-ring (bicyclic) bond motifs is 3. The van der Waals surface area contributed by atoms with E-state index in [-0.39, 0.29) is 5.91 Å². The smallest absolute Gasteiger partial charge is 0.233 e. The highest BCUT2D eigenvalue weighted by Crippen LogP contribution is 2.32. The number of hydrogen-bond donors (Lipinski definition) is 0. The van der Waals surface area contributed by atoms with Crippen LogP contribution in [0.25, 0.3) is 22.1 Å². The molecule has 130 valence electrons. The Morgan fingerprint density at radius 3 is 3.08 bits per heavy atom. The molecule has 1 atom stereocenters. The van der Waals surface area contributed by atoms with E-state index in [4.69, 9.17) is 4.42 Å². The third-order valence-corrected chi connectivity index (χ3v) is 5.83. The topological polar surface area (TPSA) is 59.2 Å². The summed E-state index contributed by atoms with van der Waals surface area (Å²) >= 11 is 1.44. The van der Waals surface area contributed by atoms with Gasteiger partial charge in [-0.25, -0.2) is 9.97 Å². The molecule has 0 aliphatic carbocycles. The summed E-state index contributed by atoms with van der Waals surface area (Å²) in [4.78, 5) is 23.4. The van der Waals surface area contributed by atoms with Crippen molar-refractivity contribution in [2.45, 2.75) is 43.7 Å². The van der Waals surface area contributed by atoms with Gasteiger partial charge in [0.05, 0.1) is 5.75 Å². The predicted molar refractivity (Wildman–Crippen MR) is 99.7 cm³/mol. The molecule has 0 saturated carbocycles. The van der Waals surface area contributed by atoms with Crippen molar-refractivity contribution in [2.24, 2.45) is 0 Å². The van der Waals surface area contributed by atoms with E-state index in [1.807, 2.05) is 29.2 Å². The van der Waals surface area contributed by atoms with Crippen LogP contribution in [0.2, 0.25) is 0 Å². The van der Waals surface area contributed by atoms with E-state index >= 15 is 0 Å². The average molecular weight is 355 g/mol. The summed E-state index contributed by atoms with van der Waals surface area (Å²) in [5.41, 5.74) is 2.28. The zero-order valence-corrected chi connectivity index (χ0v) is 15.1. The predicted octanol–water partition coefficient (Wildman–Crippen LogP) is 4.26. The second kappa shape index (κ2) is 7.04. The number of thioether (sulfide) groups is 1. The molecular formula is C19H21N3O2S. The van der Waals surface area contributed by atoms with Crippen LogP contribution in [-0.2, 0) is 4.79 Å². The fraction of sp³-hybridized carbons (Fsp3) is 0.421. The van der Waals surface area contributed by atoms with Crippen LogP contribution in [0, 0.1) is 0 Å². The maximum Gasteiger partial charge on any atom is 0.233 e. The van der Waals surface area contributed by atoms with E-state index in [0.717, 1.165) is 47.3 Å². The van der Waals surface area contributed by atoms with Crippen LogP contribution in [0.15, 0.2) is 40.0 Å². The molecule has 1 aromatic carbocycles. The van der Waals surface area contributed by atoms with E-state index in [1.165, 1.54) is 18.2 Å². The summed E-state index contributed by atoms with van der Waals surface area (Å²) in [6, 6.07) is 8.22. The van der Waals surface area contributed by atoms with Gasteiger partial charge in [0.15, 0.2) is 5.58 Å². The minimum absolute atomic E-state index is 0.194. The van der Waals surface area contributed by atoms with Gasteiger partial charge >= 0.3 is 0 Å². The molecule has 0 radical (unpaired) electrons. The molecule has 6 heteroatoms. The molecule has 3 aromatic rings. The van der Waals surface area contributed by atoms with E-state index < -0.39 is 0 Å². The summed E-state index contributed by atoms with van der Waals surface area (Å²) < 4.78 is 5.93.